The SMILES string of the molecule is C/C=C/C=C/C[C@@H](C)[C@H](O)[C@@H](C)C(=O)N1C(=O)OC[C@H]1Cc1ccccc1. The smallest absolute Gasteiger partial charge is 0.416 e. The number of hydrogen-bond acceptors (Lipinski definition) is 4. The highest BCUT2D eigenvalue weighted by atomic mass is 16.6. The predicted octanol–water partition coefficient (Wildman–Crippen LogP) is 3.73. The molecular weight excluding hydrogens is 342 g/mol. The van der Waals surface area contributed by atoms with Gasteiger partial charge in [0.25, 0.3) is 0 Å². The summed E-state index contributed by atoms with van der Waals surface area (Å²) in [5, 5.41) is 10.6. The molecule has 4 atom stereocenters. The van der Waals surface area contributed by atoms with E-state index in [9.17, 15) is 14.7 Å². The average molecular weight is 371 g/mol. The molecule has 0 aliphatic carbocycles. The minimum absolute atomic E-state index is 0.100. The van der Waals surface area contributed by atoms with Gasteiger partial charge in [-0.2, -0.15) is 0 Å². The quantitative estimate of drug-likeness (QED) is 0.707. The van der Waals surface area contributed by atoms with Crippen molar-refractivity contribution in [2.24, 2.45) is 11.8 Å². The van der Waals surface area contributed by atoms with Gasteiger partial charge in [-0.3, -0.25) is 4.79 Å². The largest absolute Gasteiger partial charge is 0.447 e. The number of hydrogen-bond donors (Lipinski definition) is 1. The monoisotopic (exact) mass is 371 g/mol. The third-order valence-electron chi connectivity index (χ3n) is 4.94. The number of nitrogens with zero attached hydrogens (tertiary/aromatic N) is 1. The Morgan fingerprint density at radius 1 is 1.30 bits per heavy atom. The number of ether oxygens (including phenoxy) is 1. The molecule has 1 aromatic carbocycles. The Morgan fingerprint density at radius 3 is 2.67 bits per heavy atom. The fourth-order valence-electron chi connectivity index (χ4n) is 3.25. The van der Waals surface area contributed by atoms with E-state index in [4.69, 9.17) is 4.74 Å². The van der Waals surface area contributed by atoms with E-state index in [1.807, 2.05) is 68.5 Å². The lowest BCUT2D eigenvalue weighted by Gasteiger charge is -2.28. The number of imide groups is 1. The van der Waals surface area contributed by atoms with Crippen LogP contribution in [0.4, 0.5) is 4.79 Å². The standard InChI is InChI=1S/C22H29NO4/c1-4-5-6-8-11-16(2)20(24)17(3)21(25)23-19(15-27-22(23)26)14-18-12-9-7-10-13-18/h4-10,12-13,16-17,19-20,24H,11,14-15H2,1-3H3/b5-4+,8-6+/t16-,17-,19-,20+/m1/s1. The number of carbonyl (C=O) groups is 2. The lowest BCUT2D eigenvalue weighted by Crippen LogP contribution is -2.46. The van der Waals surface area contributed by atoms with Gasteiger partial charge in [-0.05, 0) is 31.2 Å². The van der Waals surface area contributed by atoms with E-state index in [1.54, 1.807) is 6.92 Å². The van der Waals surface area contributed by atoms with Gasteiger partial charge in [0.1, 0.15) is 6.61 Å². The number of aliphatic hydroxyl groups is 1. The third kappa shape index (κ3) is 5.54. The Kier molecular flexibility index (Phi) is 7.80. The summed E-state index contributed by atoms with van der Waals surface area (Å²) in [6.45, 7) is 5.69. The number of benzene rings is 1. The molecule has 0 unspecified atom stereocenters. The fraction of sp³-hybridized carbons (Fsp3) is 0.455. The van der Waals surface area contributed by atoms with Gasteiger partial charge in [-0.25, -0.2) is 9.69 Å². The maximum absolute atomic E-state index is 12.9. The van der Waals surface area contributed by atoms with Crippen molar-refractivity contribution in [3.05, 3.63) is 60.2 Å². The van der Waals surface area contributed by atoms with E-state index in [-0.39, 0.29) is 24.5 Å². The van der Waals surface area contributed by atoms with Gasteiger partial charge in [0.2, 0.25) is 5.91 Å². The highest BCUT2D eigenvalue weighted by Crippen LogP contribution is 2.24. The number of amides is 2. The topological polar surface area (TPSA) is 66.8 Å². The van der Waals surface area contributed by atoms with Crippen molar-refractivity contribution in [1.82, 2.24) is 4.90 Å². The van der Waals surface area contributed by atoms with Crippen LogP contribution in [0.5, 0.6) is 0 Å². The van der Waals surface area contributed by atoms with Crippen molar-refractivity contribution >= 4 is 12.0 Å². The van der Waals surface area contributed by atoms with Crippen LogP contribution in [-0.2, 0) is 16.0 Å². The molecule has 1 aromatic rings. The van der Waals surface area contributed by atoms with Gasteiger partial charge < -0.3 is 9.84 Å². The average Bonchev–Trinajstić information content (AvgIpc) is 3.04. The van der Waals surface area contributed by atoms with Crippen LogP contribution >= 0.6 is 0 Å². The maximum Gasteiger partial charge on any atom is 0.416 e. The lowest BCUT2D eigenvalue weighted by molar-refractivity contribution is -0.137. The molecule has 2 rings (SSSR count). The summed E-state index contributed by atoms with van der Waals surface area (Å²) < 4.78 is 5.12. The zero-order valence-corrected chi connectivity index (χ0v) is 16.2. The van der Waals surface area contributed by atoms with Gasteiger partial charge in [0, 0.05) is 0 Å². The second-order valence-electron chi connectivity index (χ2n) is 7.07. The summed E-state index contributed by atoms with van der Waals surface area (Å²) in [4.78, 5) is 26.2. The van der Waals surface area contributed by atoms with Crippen LogP contribution in [0.25, 0.3) is 0 Å². The van der Waals surface area contributed by atoms with E-state index in [1.165, 1.54) is 4.90 Å². The number of aliphatic hydroxyl groups excluding tert-OH is 1. The Labute approximate surface area is 161 Å². The van der Waals surface area contributed by atoms with Crippen molar-refractivity contribution in [3.8, 4) is 0 Å². The van der Waals surface area contributed by atoms with E-state index in [0.29, 0.717) is 12.8 Å². The van der Waals surface area contributed by atoms with Crippen molar-refractivity contribution < 1.29 is 19.4 Å². The van der Waals surface area contributed by atoms with E-state index < -0.39 is 18.1 Å². The van der Waals surface area contributed by atoms with E-state index in [2.05, 4.69) is 0 Å². The molecule has 1 N–H and O–H groups in total. The van der Waals surface area contributed by atoms with Crippen LogP contribution in [0.15, 0.2) is 54.6 Å². The first-order valence-electron chi connectivity index (χ1n) is 9.45. The molecule has 5 nitrogen and oxygen atoms in total. The van der Waals surface area contributed by atoms with Crippen LogP contribution in [-0.4, -0.2) is 40.8 Å². The Bertz CT molecular complexity index is 683. The molecule has 27 heavy (non-hydrogen) atoms. The van der Waals surface area contributed by atoms with Crippen LogP contribution in [0.3, 0.4) is 0 Å². The minimum Gasteiger partial charge on any atom is -0.447 e. The highest BCUT2D eigenvalue weighted by molar-refractivity contribution is 5.95. The molecule has 0 saturated carbocycles. The zero-order chi connectivity index (χ0) is 19.8. The molecule has 0 bridgehead atoms. The van der Waals surface area contributed by atoms with E-state index >= 15 is 0 Å². The van der Waals surface area contributed by atoms with Crippen molar-refractivity contribution in [3.63, 3.8) is 0 Å². The number of cyclic esters (lactones) is 1. The normalized spacial score (nSPS) is 20.8. The molecule has 2 amide bonds. The van der Waals surface area contributed by atoms with Gasteiger partial charge >= 0.3 is 6.09 Å². The second kappa shape index (κ2) is 10.1. The lowest BCUT2D eigenvalue weighted by atomic mass is 9.89. The van der Waals surface area contributed by atoms with Gasteiger partial charge in [0.05, 0.1) is 18.1 Å². The molecule has 0 spiro atoms. The summed E-state index contributed by atoms with van der Waals surface area (Å²) in [6, 6.07) is 9.36. The molecule has 1 heterocycles. The van der Waals surface area contributed by atoms with Crippen LogP contribution in [0, 0.1) is 11.8 Å². The molecular formula is C22H29NO4. The van der Waals surface area contributed by atoms with E-state index in [0.717, 1.165) is 5.56 Å². The molecule has 1 fully saturated rings. The first kappa shape index (κ1) is 20.9. The zero-order valence-electron chi connectivity index (χ0n) is 16.2. The molecule has 5 heteroatoms. The summed E-state index contributed by atoms with van der Waals surface area (Å²) >= 11 is 0. The second-order valence-corrected chi connectivity index (χ2v) is 7.07. The first-order valence-corrected chi connectivity index (χ1v) is 9.45. The molecule has 1 aliphatic heterocycles. The summed E-state index contributed by atoms with van der Waals surface area (Å²) in [5.41, 5.74) is 1.04. The summed E-state index contributed by atoms with van der Waals surface area (Å²) in [7, 11) is 0. The highest BCUT2D eigenvalue weighted by Gasteiger charge is 2.41. The summed E-state index contributed by atoms with van der Waals surface area (Å²) in [6.07, 6.45) is 7.47. The van der Waals surface area contributed by atoms with Gasteiger partial charge in [-0.15, -0.1) is 0 Å². The number of carbonyl (C=O) groups excluding carboxylic acids is 2. The first-order chi connectivity index (χ1) is 13.0. The van der Waals surface area contributed by atoms with Crippen molar-refractivity contribution in [2.75, 3.05) is 6.61 Å². The summed E-state index contributed by atoms with van der Waals surface area (Å²) in [5.74, 6) is -1.16. The van der Waals surface area contributed by atoms with Gasteiger partial charge in [-0.1, -0.05) is 68.5 Å². The molecule has 0 radical (unpaired) electrons. The Balaban J connectivity index is 2.02. The minimum atomic E-state index is -0.835. The maximum atomic E-state index is 12.9. The van der Waals surface area contributed by atoms with Crippen LogP contribution in [0.1, 0.15) is 32.8 Å². The van der Waals surface area contributed by atoms with Crippen molar-refractivity contribution in [2.45, 2.75) is 45.8 Å². The molecule has 1 aliphatic rings. The number of allylic oxidation sites excluding steroid dienone is 4. The molecule has 1 saturated heterocycles. The molecule has 0 aromatic heterocycles. The van der Waals surface area contributed by atoms with Crippen LogP contribution in [0.2, 0.25) is 0 Å². The Hall–Kier alpha value is -2.40. The number of rotatable bonds is 8. The Morgan fingerprint density at radius 2 is 2.00 bits per heavy atom. The fourth-order valence-corrected chi connectivity index (χ4v) is 3.25. The van der Waals surface area contributed by atoms with Crippen LogP contribution < -0.4 is 0 Å². The van der Waals surface area contributed by atoms with Gasteiger partial charge in [0.15, 0.2) is 0 Å². The third-order valence-corrected chi connectivity index (χ3v) is 4.94. The predicted molar refractivity (Wildman–Crippen MR) is 105 cm³/mol. The molecule has 146 valence electrons. The van der Waals surface area contributed by atoms with Crippen molar-refractivity contribution in [1.29, 1.82) is 0 Å².